The van der Waals surface area contributed by atoms with E-state index >= 15 is 0 Å². The number of amides is 4. The van der Waals surface area contributed by atoms with Crippen LogP contribution in [0.25, 0.3) is 73.5 Å². The number of hydrogen-bond acceptors (Lipinski definition) is 14. The molecule has 129 heavy (non-hydrogen) atoms. The zero-order chi connectivity index (χ0) is 90.8. The fourth-order valence-corrected chi connectivity index (χ4v) is 14.8. The molecule has 4 amide bonds. The quantitative estimate of drug-likeness (QED) is 0.0248. The van der Waals surface area contributed by atoms with Crippen molar-refractivity contribution in [2.45, 2.75) is 87.0 Å². The standard InChI is InChI=1S/C43H35ClN6O5.C32H29N3O3.C29H25Cl2N3O2/c1-26-23-24-34(27(2)25-26)54-28(3)39(51)45-33-22-14-13-21-32(33)37-41(55-42(53)31-19-11-6-12-20-31)48-43(46-37)50-38(47-40(52)30-17-9-5-10-18-30)35(44)36(49-50)29-15-7-4-8-16-29;1-21-18-19-28(22(2)20-21)37-23(3)31(36)33-27-17-11-10-16-26(27)29-32(38-25-14-8-5-9-15-25)35-30(34-29)24-12-6-4-7-13-24;1-4-24(36-25-14-5-17(2)15-18(25)3)29(35)33-22-12-8-20(9-13-22)27-23(16-32)26(28(31)34-27)19-6-10-21(30)11-7-19/h4-25,28H,1-3H3,(H,45,51)(H,46,48)(H,47,52);4-20,23H,1-3H3,(H,33,36)(H,34,35);5-15,24,34H,4H2,1-3H3,(H,33,35). The highest BCUT2D eigenvalue weighted by Crippen LogP contribution is 2.43. The normalized spacial score (nSPS) is 11.5. The molecule has 7 N–H and O–H groups in total. The number of aromatic nitrogens is 7. The molecule has 22 nitrogen and oxygen atoms in total. The van der Waals surface area contributed by atoms with Crippen molar-refractivity contribution in [3.63, 3.8) is 0 Å². The van der Waals surface area contributed by atoms with Crippen LogP contribution in [0.3, 0.4) is 0 Å². The minimum atomic E-state index is -0.861. The molecule has 16 rings (SSSR count). The maximum atomic E-state index is 13.6. The zero-order valence-corrected chi connectivity index (χ0v) is 74.0. The van der Waals surface area contributed by atoms with Crippen LogP contribution in [-0.2, 0) is 14.4 Å². The van der Waals surface area contributed by atoms with Gasteiger partial charge in [0.1, 0.15) is 62.1 Å². The number of nitrogens with one attached hydrogen (secondary N) is 7. The average molecular weight is 1770 g/mol. The summed E-state index contributed by atoms with van der Waals surface area (Å²) < 4.78 is 31.5. The molecule has 646 valence electrons. The molecule has 0 spiro atoms. The van der Waals surface area contributed by atoms with Gasteiger partial charge in [0.2, 0.25) is 11.8 Å². The van der Waals surface area contributed by atoms with Gasteiger partial charge in [-0.15, -0.1) is 0 Å². The van der Waals surface area contributed by atoms with Gasteiger partial charge in [0.25, 0.3) is 29.5 Å². The molecule has 0 aliphatic rings. The van der Waals surface area contributed by atoms with Crippen LogP contribution in [0.5, 0.6) is 34.8 Å². The molecule has 0 aliphatic heterocycles. The number of anilines is 4. The van der Waals surface area contributed by atoms with E-state index in [0.717, 1.165) is 55.6 Å². The molecule has 3 atom stereocenters. The first-order valence-electron chi connectivity index (χ1n) is 41.4. The number of carbonyl (C=O) groups excluding carboxylic acids is 5. The summed E-state index contributed by atoms with van der Waals surface area (Å²) in [7, 11) is 0. The van der Waals surface area contributed by atoms with Crippen LogP contribution in [0.15, 0.2) is 303 Å². The first kappa shape index (κ1) is 89.7. The second-order valence-corrected chi connectivity index (χ2v) is 31.5. The lowest BCUT2D eigenvalue weighted by atomic mass is 10.0. The van der Waals surface area contributed by atoms with Crippen molar-refractivity contribution in [2.75, 3.05) is 21.3 Å². The number of para-hydroxylation sites is 3. The number of H-pyrrole nitrogens is 3. The van der Waals surface area contributed by atoms with E-state index in [4.69, 9.17) is 73.6 Å². The van der Waals surface area contributed by atoms with E-state index in [1.54, 1.807) is 117 Å². The molecule has 0 aliphatic carbocycles. The number of rotatable bonds is 26. The molecule has 0 bridgehead atoms. The summed E-state index contributed by atoms with van der Waals surface area (Å²) >= 11 is 19.5. The van der Waals surface area contributed by atoms with Gasteiger partial charge in [0.05, 0.1) is 28.2 Å². The molecule has 4 heterocycles. The van der Waals surface area contributed by atoms with Gasteiger partial charge >= 0.3 is 5.97 Å². The van der Waals surface area contributed by atoms with Gasteiger partial charge < -0.3 is 59.9 Å². The molecular weight excluding hydrogens is 1680 g/mol. The predicted molar refractivity (Wildman–Crippen MR) is 508 cm³/mol. The highest BCUT2D eigenvalue weighted by atomic mass is 35.5. The van der Waals surface area contributed by atoms with Crippen LogP contribution < -0.4 is 45.0 Å². The SMILES string of the molecule is CCC(Oc1ccc(C)cc1C)C(=O)Nc1ccc(-c2[nH]c(Cl)c(-c3ccc(Cl)cc3)c2C#N)cc1.Cc1ccc(OC(C)C(=O)Nc2ccccc2-c2[nH]c(-c3ccccc3)nc2Oc2ccccc2)c(C)c1.Cc1ccc(OC(C)C(=O)Nc2ccccc2-c2[nH]c(-n3nc(-c4ccccc4)c(Cl)c3NC(=O)c3ccccc3)nc2OC(=O)c2ccccc2)c(C)c1. The molecule has 25 heteroatoms. The smallest absolute Gasteiger partial charge is 0.344 e. The second-order valence-electron chi connectivity index (χ2n) is 30.3. The Morgan fingerprint density at radius 3 is 1.45 bits per heavy atom. The van der Waals surface area contributed by atoms with Crippen molar-refractivity contribution in [2.24, 2.45) is 0 Å². The summed E-state index contributed by atoms with van der Waals surface area (Å²) in [5.41, 5.74) is 15.9. The van der Waals surface area contributed by atoms with Crippen molar-refractivity contribution >= 4 is 87.3 Å². The first-order valence-corrected chi connectivity index (χ1v) is 42.5. The molecule has 12 aromatic carbocycles. The lowest BCUT2D eigenvalue weighted by Crippen LogP contribution is -2.32. The number of benzene rings is 12. The van der Waals surface area contributed by atoms with E-state index in [0.29, 0.717) is 119 Å². The number of nitriles is 1. The van der Waals surface area contributed by atoms with Gasteiger partial charge in [-0.2, -0.15) is 25.0 Å². The minimum Gasteiger partial charge on any atom is -0.481 e. The summed E-state index contributed by atoms with van der Waals surface area (Å²) in [6.45, 7) is 17.2. The number of hydrogen-bond donors (Lipinski definition) is 7. The molecule has 0 radical (unpaired) electrons. The molecule has 0 saturated heterocycles. The maximum absolute atomic E-state index is 13.6. The van der Waals surface area contributed by atoms with E-state index in [9.17, 15) is 29.2 Å². The van der Waals surface area contributed by atoms with Crippen molar-refractivity contribution in [1.82, 2.24) is 34.7 Å². The van der Waals surface area contributed by atoms with Crippen LogP contribution in [0.2, 0.25) is 15.2 Å². The fraction of sp³-hybridized carbons (Fsp3) is 0.125. The number of aromatic amines is 3. The van der Waals surface area contributed by atoms with Gasteiger partial charge in [-0.25, -0.2) is 4.79 Å². The van der Waals surface area contributed by atoms with E-state index < -0.39 is 36.1 Å². The Labute approximate surface area is 761 Å². The number of imidazole rings is 2. The van der Waals surface area contributed by atoms with Gasteiger partial charge in [-0.05, 0) is 181 Å². The predicted octanol–water partition coefficient (Wildman–Crippen LogP) is 24.6. The van der Waals surface area contributed by atoms with Crippen molar-refractivity contribution in [3.05, 3.63) is 369 Å². The molecular formula is C104H89Cl3N12O10. The van der Waals surface area contributed by atoms with Crippen LogP contribution in [0.1, 0.15) is 86.9 Å². The molecule has 4 aromatic heterocycles. The van der Waals surface area contributed by atoms with Crippen molar-refractivity contribution in [1.29, 1.82) is 5.26 Å². The third kappa shape index (κ3) is 22.0. The minimum absolute atomic E-state index is 0.0611. The monoisotopic (exact) mass is 1770 g/mol. The molecule has 0 saturated carbocycles. The molecule has 0 fully saturated rings. The van der Waals surface area contributed by atoms with Crippen molar-refractivity contribution in [3.8, 4) is 114 Å². The Bertz CT molecular complexity index is 6740. The third-order valence-corrected chi connectivity index (χ3v) is 21.6. The van der Waals surface area contributed by atoms with Crippen LogP contribution in [-0.4, -0.2) is 82.6 Å². The van der Waals surface area contributed by atoms with Crippen LogP contribution >= 0.6 is 34.8 Å². The highest BCUT2D eigenvalue weighted by Gasteiger charge is 2.30. The van der Waals surface area contributed by atoms with Gasteiger partial charge in [0.15, 0.2) is 24.1 Å². The molecule has 16 aromatic rings. The third-order valence-electron chi connectivity index (χ3n) is 20.7. The van der Waals surface area contributed by atoms with Crippen LogP contribution in [0.4, 0.5) is 22.9 Å². The Hall–Kier alpha value is -15.5. The summed E-state index contributed by atoms with van der Waals surface area (Å²) in [4.78, 5) is 85.8. The van der Waals surface area contributed by atoms with E-state index in [2.05, 4.69) is 42.3 Å². The topological polar surface area (TPSA) is 294 Å². The first-order chi connectivity index (χ1) is 62.4. The number of aryl methyl sites for hydroxylation is 6. The Balaban J connectivity index is 0.000000161. The summed E-state index contributed by atoms with van der Waals surface area (Å²) in [5.74, 6) is 1.79. The van der Waals surface area contributed by atoms with Crippen molar-refractivity contribution < 1.29 is 47.7 Å². The van der Waals surface area contributed by atoms with Crippen LogP contribution in [0, 0.1) is 52.9 Å². The number of ether oxygens (including phenoxy) is 5. The fourth-order valence-electron chi connectivity index (χ4n) is 14.1. The highest BCUT2D eigenvalue weighted by molar-refractivity contribution is 6.36. The Morgan fingerprint density at radius 2 is 0.930 bits per heavy atom. The lowest BCUT2D eigenvalue weighted by molar-refractivity contribution is -0.123. The second kappa shape index (κ2) is 41.5. The van der Waals surface area contributed by atoms with Gasteiger partial charge in [-0.1, -0.05) is 271 Å². The Morgan fingerprint density at radius 1 is 0.457 bits per heavy atom. The van der Waals surface area contributed by atoms with E-state index in [1.807, 2.05) is 249 Å². The number of nitrogens with zero attached hydrogens (tertiary/aromatic N) is 5. The summed E-state index contributed by atoms with van der Waals surface area (Å²) in [6.07, 6.45) is -1.66. The lowest BCUT2D eigenvalue weighted by Gasteiger charge is -2.19. The van der Waals surface area contributed by atoms with E-state index in [1.165, 1.54) is 4.68 Å². The summed E-state index contributed by atoms with van der Waals surface area (Å²) in [6, 6.07) is 94.4. The maximum Gasteiger partial charge on any atom is 0.344 e. The molecule has 3 unspecified atom stereocenters. The number of carbonyl (C=O) groups is 5. The number of esters is 1. The van der Waals surface area contributed by atoms with Gasteiger partial charge in [-0.3, -0.25) is 19.2 Å². The van der Waals surface area contributed by atoms with Gasteiger partial charge in [0, 0.05) is 44.1 Å². The Kier molecular flexibility index (Phi) is 28.9. The largest absolute Gasteiger partial charge is 0.481 e. The summed E-state index contributed by atoms with van der Waals surface area (Å²) in [5, 5.41) is 27.6. The zero-order valence-electron chi connectivity index (χ0n) is 71.8. The number of halogens is 3. The van der Waals surface area contributed by atoms with E-state index in [-0.39, 0.29) is 40.2 Å². The average Bonchev–Trinajstić information content (AvgIpc) is 1.61.